The summed E-state index contributed by atoms with van der Waals surface area (Å²) in [6.45, 7) is 4.30. The molecule has 2 rings (SSSR count). The molecule has 0 aromatic rings. The zero-order valence-electron chi connectivity index (χ0n) is 10.7. The summed E-state index contributed by atoms with van der Waals surface area (Å²) >= 11 is 0. The summed E-state index contributed by atoms with van der Waals surface area (Å²) in [5.74, 6) is 0. The Bertz CT molecular complexity index is 256. The molecule has 0 amide bonds. The third kappa shape index (κ3) is 1.45. The van der Waals surface area contributed by atoms with Crippen molar-refractivity contribution in [2.45, 2.75) is 70.4 Å². The van der Waals surface area contributed by atoms with Gasteiger partial charge in [-0.1, -0.05) is 26.7 Å². The Morgan fingerprint density at radius 1 is 1.25 bits per heavy atom. The van der Waals surface area contributed by atoms with Gasteiger partial charge < -0.3 is 14.6 Å². The minimum Gasteiger partial charge on any atom is -0.389 e. The van der Waals surface area contributed by atoms with E-state index in [1.54, 1.807) is 7.11 Å². The largest absolute Gasteiger partial charge is 0.389 e. The number of aliphatic hydroxyl groups is 1. The smallest absolute Gasteiger partial charge is 0.166 e. The molecule has 0 spiro atoms. The highest BCUT2D eigenvalue weighted by molar-refractivity contribution is 5.13. The summed E-state index contributed by atoms with van der Waals surface area (Å²) in [5.41, 5.74) is -0.455. The normalized spacial score (nSPS) is 46.5. The van der Waals surface area contributed by atoms with Crippen LogP contribution in [0.25, 0.3) is 0 Å². The van der Waals surface area contributed by atoms with Gasteiger partial charge in [-0.15, -0.1) is 0 Å². The first kappa shape index (κ1) is 12.3. The van der Waals surface area contributed by atoms with Gasteiger partial charge in [0.25, 0.3) is 0 Å². The van der Waals surface area contributed by atoms with E-state index in [0.29, 0.717) is 0 Å². The van der Waals surface area contributed by atoms with Crippen LogP contribution in [0.2, 0.25) is 0 Å². The molecule has 1 aliphatic heterocycles. The Balaban J connectivity index is 2.25. The molecule has 0 radical (unpaired) electrons. The Labute approximate surface area is 98.1 Å². The van der Waals surface area contributed by atoms with Gasteiger partial charge in [0, 0.05) is 7.11 Å². The SMILES string of the molecule is CCCC12CCC(CCC)(C(OC)O1)C2O. The van der Waals surface area contributed by atoms with Crippen molar-refractivity contribution in [3.8, 4) is 0 Å². The molecule has 16 heavy (non-hydrogen) atoms. The van der Waals surface area contributed by atoms with Crippen molar-refractivity contribution in [3.05, 3.63) is 0 Å². The first-order valence-electron chi connectivity index (χ1n) is 6.54. The standard InChI is InChI=1S/C13H24O3/c1-4-6-12-8-9-13(7-5-2,10(12)14)16-11(12)15-3/h10-11,14H,4-9H2,1-3H3. The summed E-state index contributed by atoms with van der Waals surface area (Å²) < 4.78 is 11.5. The maximum absolute atomic E-state index is 10.6. The monoisotopic (exact) mass is 228 g/mol. The molecular formula is C13H24O3. The van der Waals surface area contributed by atoms with Crippen LogP contribution in [0.4, 0.5) is 0 Å². The van der Waals surface area contributed by atoms with E-state index in [0.717, 1.165) is 38.5 Å². The average Bonchev–Trinajstić information content (AvgIpc) is 2.66. The van der Waals surface area contributed by atoms with E-state index in [1.807, 2.05) is 0 Å². The van der Waals surface area contributed by atoms with E-state index in [9.17, 15) is 5.11 Å². The summed E-state index contributed by atoms with van der Waals surface area (Å²) in [7, 11) is 1.69. The first-order chi connectivity index (χ1) is 7.65. The van der Waals surface area contributed by atoms with Crippen molar-refractivity contribution in [2.24, 2.45) is 5.41 Å². The molecule has 1 saturated carbocycles. The van der Waals surface area contributed by atoms with Gasteiger partial charge in [0.2, 0.25) is 0 Å². The van der Waals surface area contributed by atoms with Crippen molar-refractivity contribution in [3.63, 3.8) is 0 Å². The van der Waals surface area contributed by atoms with E-state index < -0.39 is 0 Å². The molecule has 1 aliphatic carbocycles. The fourth-order valence-corrected chi connectivity index (χ4v) is 3.81. The molecule has 1 saturated heterocycles. The van der Waals surface area contributed by atoms with Crippen LogP contribution in [0.5, 0.6) is 0 Å². The van der Waals surface area contributed by atoms with Gasteiger partial charge >= 0.3 is 0 Å². The number of methoxy groups -OCH3 is 1. The Morgan fingerprint density at radius 3 is 2.50 bits per heavy atom. The lowest BCUT2D eigenvalue weighted by Crippen LogP contribution is -2.39. The predicted molar refractivity (Wildman–Crippen MR) is 62.1 cm³/mol. The maximum Gasteiger partial charge on any atom is 0.166 e. The molecule has 3 nitrogen and oxygen atoms in total. The van der Waals surface area contributed by atoms with Gasteiger partial charge in [-0.2, -0.15) is 0 Å². The van der Waals surface area contributed by atoms with Crippen LogP contribution in [0.15, 0.2) is 0 Å². The molecule has 1 heterocycles. The van der Waals surface area contributed by atoms with Gasteiger partial charge in [0.1, 0.15) is 0 Å². The Hall–Kier alpha value is -0.120. The van der Waals surface area contributed by atoms with Crippen molar-refractivity contribution in [1.82, 2.24) is 0 Å². The van der Waals surface area contributed by atoms with Gasteiger partial charge in [0.05, 0.1) is 17.1 Å². The molecule has 4 unspecified atom stereocenters. The third-order valence-electron chi connectivity index (χ3n) is 4.47. The van der Waals surface area contributed by atoms with Gasteiger partial charge in [-0.3, -0.25) is 0 Å². The predicted octanol–water partition coefficient (Wildman–Crippen LogP) is 2.47. The number of fused-ring (bicyclic) bond motifs is 2. The van der Waals surface area contributed by atoms with E-state index in [1.165, 1.54) is 0 Å². The fraction of sp³-hybridized carbons (Fsp3) is 1.00. The van der Waals surface area contributed by atoms with Crippen molar-refractivity contribution in [1.29, 1.82) is 0 Å². The summed E-state index contributed by atoms with van der Waals surface area (Å²) in [6, 6.07) is 0. The molecule has 1 N–H and O–H groups in total. The molecule has 0 aromatic heterocycles. The summed E-state index contributed by atoms with van der Waals surface area (Å²) in [6.07, 6.45) is 5.55. The molecule has 4 atom stereocenters. The number of hydrogen-bond acceptors (Lipinski definition) is 3. The molecule has 2 bridgehead atoms. The van der Waals surface area contributed by atoms with E-state index in [2.05, 4.69) is 13.8 Å². The topological polar surface area (TPSA) is 38.7 Å². The molecule has 0 aromatic carbocycles. The Kier molecular flexibility index (Phi) is 3.30. The second-order valence-electron chi connectivity index (χ2n) is 5.39. The zero-order valence-corrected chi connectivity index (χ0v) is 10.7. The molecule has 2 aliphatic rings. The second kappa shape index (κ2) is 4.28. The van der Waals surface area contributed by atoms with Crippen LogP contribution in [0, 0.1) is 5.41 Å². The van der Waals surface area contributed by atoms with Crippen LogP contribution >= 0.6 is 0 Å². The number of ether oxygens (including phenoxy) is 2. The van der Waals surface area contributed by atoms with Crippen LogP contribution in [0.1, 0.15) is 52.4 Å². The highest BCUT2D eigenvalue weighted by Crippen LogP contribution is 2.60. The van der Waals surface area contributed by atoms with Crippen molar-refractivity contribution in [2.75, 3.05) is 7.11 Å². The highest BCUT2D eigenvalue weighted by atomic mass is 16.7. The zero-order chi connectivity index (χ0) is 11.8. The summed E-state index contributed by atoms with van der Waals surface area (Å²) in [5, 5.41) is 10.6. The van der Waals surface area contributed by atoms with Gasteiger partial charge in [0.15, 0.2) is 6.29 Å². The van der Waals surface area contributed by atoms with Gasteiger partial charge in [-0.25, -0.2) is 0 Å². The highest BCUT2D eigenvalue weighted by Gasteiger charge is 2.67. The lowest BCUT2D eigenvalue weighted by Gasteiger charge is -2.34. The minimum absolute atomic E-state index is 0.140. The van der Waals surface area contributed by atoms with Crippen LogP contribution in [-0.4, -0.2) is 30.2 Å². The fourth-order valence-electron chi connectivity index (χ4n) is 3.81. The second-order valence-corrected chi connectivity index (χ2v) is 5.39. The first-order valence-corrected chi connectivity index (χ1v) is 6.54. The quantitative estimate of drug-likeness (QED) is 0.785. The Morgan fingerprint density at radius 2 is 1.94 bits per heavy atom. The number of aliphatic hydroxyl groups excluding tert-OH is 1. The minimum atomic E-state index is -0.343. The maximum atomic E-state index is 10.6. The van der Waals surface area contributed by atoms with Crippen molar-refractivity contribution >= 4 is 0 Å². The number of hydrogen-bond donors (Lipinski definition) is 1. The third-order valence-corrected chi connectivity index (χ3v) is 4.47. The molecule has 94 valence electrons. The van der Waals surface area contributed by atoms with E-state index in [-0.39, 0.29) is 23.4 Å². The van der Waals surface area contributed by atoms with Crippen LogP contribution < -0.4 is 0 Å². The van der Waals surface area contributed by atoms with E-state index >= 15 is 0 Å². The average molecular weight is 228 g/mol. The lowest BCUT2D eigenvalue weighted by atomic mass is 9.78. The molecular weight excluding hydrogens is 204 g/mol. The van der Waals surface area contributed by atoms with Gasteiger partial charge in [-0.05, 0) is 25.7 Å². The van der Waals surface area contributed by atoms with Crippen LogP contribution in [-0.2, 0) is 9.47 Å². The summed E-state index contributed by atoms with van der Waals surface area (Å²) in [4.78, 5) is 0. The number of rotatable bonds is 5. The van der Waals surface area contributed by atoms with Crippen LogP contribution in [0.3, 0.4) is 0 Å². The van der Waals surface area contributed by atoms with E-state index in [4.69, 9.17) is 9.47 Å². The van der Waals surface area contributed by atoms with Crippen molar-refractivity contribution < 1.29 is 14.6 Å². The lowest BCUT2D eigenvalue weighted by molar-refractivity contribution is -0.211. The molecule has 3 heteroatoms. The molecule has 2 fully saturated rings.